The van der Waals surface area contributed by atoms with Crippen molar-refractivity contribution in [2.75, 3.05) is 0 Å². The summed E-state index contributed by atoms with van der Waals surface area (Å²) in [6, 6.07) is 10.5. The van der Waals surface area contributed by atoms with Crippen LogP contribution in [-0.4, -0.2) is 8.07 Å². The van der Waals surface area contributed by atoms with Crippen LogP contribution in [0.2, 0.25) is 25.2 Å². The van der Waals surface area contributed by atoms with Crippen molar-refractivity contribution >= 4 is 8.07 Å². The van der Waals surface area contributed by atoms with Gasteiger partial charge in [0.1, 0.15) is 0 Å². The number of rotatable bonds is 2. The van der Waals surface area contributed by atoms with E-state index >= 15 is 0 Å². The monoisotopic (exact) mass is 252 g/mol. The lowest BCUT2D eigenvalue weighted by Crippen LogP contribution is -2.42. The van der Waals surface area contributed by atoms with Crippen molar-refractivity contribution in [1.82, 2.24) is 0 Å². The Morgan fingerprint density at radius 1 is 1.11 bits per heavy atom. The van der Waals surface area contributed by atoms with Crippen molar-refractivity contribution in [3.63, 3.8) is 0 Å². The van der Waals surface area contributed by atoms with Gasteiger partial charge in [0.2, 0.25) is 0 Å². The van der Waals surface area contributed by atoms with E-state index in [0.717, 1.165) is 0 Å². The minimum absolute atomic E-state index is 0.263. The third-order valence-corrected chi connectivity index (χ3v) is 6.20. The average molecular weight is 252 g/mol. The highest BCUT2D eigenvalue weighted by atomic mass is 28.3. The second kappa shape index (κ2) is 4.63. The van der Waals surface area contributed by atoms with Crippen molar-refractivity contribution in [2.24, 2.45) is 0 Å². The van der Waals surface area contributed by atoms with Crippen LogP contribution in [0.1, 0.15) is 5.56 Å². The van der Waals surface area contributed by atoms with Crippen LogP contribution < -0.4 is 0 Å². The van der Waals surface area contributed by atoms with Crippen LogP contribution >= 0.6 is 0 Å². The van der Waals surface area contributed by atoms with Crippen LogP contribution in [0.5, 0.6) is 0 Å². The molecule has 2 unspecified atom stereocenters. The summed E-state index contributed by atoms with van der Waals surface area (Å²) in [4.78, 5) is 0. The molecule has 18 heavy (non-hydrogen) atoms. The van der Waals surface area contributed by atoms with Crippen LogP contribution in [0, 0.1) is 12.3 Å². The summed E-state index contributed by atoms with van der Waals surface area (Å²) in [5.41, 5.74) is 1.42. The first-order valence-electron chi connectivity index (χ1n) is 6.40. The highest BCUT2D eigenvalue weighted by molar-refractivity contribution is 6.78. The normalized spacial score (nSPS) is 26.9. The molecule has 2 rings (SSSR count). The second-order valence-corrected chi connectivity index (χ2v) is 11.3. The fourth-order valence-corrected chi connectivity index (χ4v) is 5.22. The lowest BCUT2D eigenvalue weighted by Gasteiger charge is -2.41. The Balaban J connectivity index is 2.59. The minimum Gasteiger partial charge on any atom is -0.119 e. The van der Waals surface area contributed by atoms with Crippen molar-refractivity contribution in [3.8, 4) is 12.3 Å². The van der Waals surface area contributed by atoms with Gasteiger partial charge in [0.05, 0.1) is 13.5 Å². The minimum atomic E-state index is -1.38. The third-order valence-electron chi connectivity index (χ3n) is 3.69. The lowest BCUT2D eigenvalue weighted by atomic mass is 9.75. The Kier molecular flexibility index (Phi) is 3.32. The molecule has 0 amide bonds. The van der Waals surface area contributed by atoms with Crippen LogP contribution in [-0.2, 0) is 5.41 Å². The fraction of sp³-hybridized carbons (Fsp3) is 0.294. The number of hydrogen-bond acceptors (Lipinski definition) is 0. The molecule has 0 nitrogen and oxygen atoms in total. The predicted molar refractivity (Wildman–Crippen MR) is 82.3 cm³/mol. The number of hydrogen-bond donors (Lipinski definition) is 0. The van der Waals surface area contributed by atoms with Gasteiger partial charge in [-0.1, -0.05) is 80.2 Å². The van der Waals surface area contributed by atoms with Gasteiger partial charge in [0, 0.05) is 0 Å². The van der Waals surface area contributed by atoms with Crippen molar-refractivity contribution in [2.45, 2.75) is 30.6 Å². The third kappa shape index (κ3) is 2.09. The lowest BCUT2D eigenvalue weighted by molar-refractivity contribution is 0.680. The highest BCUT2D eigenvalue weighted by Gasteiger charge is 2.43. The fourth-order valence-electron chi connectivity index (χ4n) is 2.82. The molecule has 0 bridgehead atoms. The number of allylic oxidation sites excluding steroid dienone is 4. The molecule has 0 fully saturated rings. The van der Waals surface area contributed by atoms with Crippen LogP contribution in [0.3, 0.4) is 0 Å². The van der Waals surface area contributed by atoms with Gasteiger partial charge < -0.3 is 0 Å². The molecular formula is C17H20Si. The number of terminal acetylenes is 1. The molecular weight excluding hydrogens is 232 g/mol. The topological polar surface area (TPSA) is 0 Å². The van der Waals surface area contributed by atoms with Gasteiger partial charge in [-0.3, -0.25) is 0 Å². The Hall–Kier alpha value is -1.52. The standard InChI is InChI=1S/C17H20Si/c1-5-17(15-11-7-6-8-12-15)14-10-9-13-16(17)18(2,3)4/h1,6-14,16H,2-4H3. The average Bonchev–Trinajstić information content (AvgIpc) is 2.38. The Bertz CT molecular complexity index is 511. The summed E-state index contributed by atoms with van der Waals surface area (Å²) < 4.78 is 0. The maximum Gasteiger partial charge on any atom is 0.0781 e. The Morgan fingerprint density at radius 2 is 1.78 bits per heavy atom. The van der Waals surface area contributed by atoms with E-state index in [4.69, 9.17) is 6.42 Å². The molecule has 0 aromatic heterocycles. The predicted octanol–water partition coefficient (Wildman–Crippen LogP) is 4.39. The van der Waals surface area contributed by atoms with E-state index in [-0.39, 0.29) is 5.41 Å². The van der Waals surface area contributed by atoms with E-state index in [2.05, 4.69) is 74.1 Å². The van der Waals surface area contributed by atoms with Gasteiger partial charge in [0.25, 0.3) is 0 Å². The van der Waals surface area contributed by atoms with Crippen molar-refractivity contribution in [3.05, 3.63) is 60.2 Å². The van der Waals surface area contributed by atoms with E-state index in [1.807, 2.05) is 6.07 Å². The maximum absolute atomic E-state index is 5.94. The molecule has 1 aliphatic carbocycles. The zero-order valence-electron chi connectivity index (χ0n) is 11.4. The Labute approximate surface area is 111 Å². The number of benzene rings is 1. The van der Waals surface area contributed by atoms with E-state index < -0.39 is 8.07 Å². The van der Waals surface area contributed by atoms with Crippen molar-refractivity contribution in [1.29, 1.82) is 0 Å². The Morgan fingerprint density at radius 3 is 2.33 bits per heavy atom. The first-order chi connectivity index (χ1) is 8.50. The largest absolute Gasteiger partial charge is 0.119 e. The highest BCUT2D eigenvalue weighted by Crippen LogP contribution is 2.46. The molecule has 1 aliphatic rings. The molecule has 2 atom stereocenters. The molecule has 0 aliphatic heterocycles. The van der Waals surface area contributed by atoms with Crippen molar-refractivity contribution < 1.29 is 0 Å². The molecule has 0 N–H and O–H groups in total. The zero-order valence-corrected chi connectivity index (χ0v) is 12.4. The van der Waals surface area contributed by atoms with Gasteiger partial charge >= 0.3 is 0 Å². The zero-order chi connectivity index (χ0) is 13.2. The summed E-state index contributed by atoms with van der Waals surface area (Å²) >= 11 is 0. The van der Waals surface area contributed by atoms with Gasteiger partial charge in [-0.2, -0.15) is 0 Å². The summed E-state index contributed by atoms with van der Waals surface area (Å²) in [5, 5.41) is 0. The molecule has 1 aromatic rings. The maximum atomic E-state index is 5.94. The van der Waals surface area contributed by atoms with Crippen LogP contribution in [0.4, 0.5) is 0 Å². The van der Waals surface area contributed by atoms with Gasteiger partial charge in [-0.25, -0.2) is 0 Å². The SMILES string of the molecule is C#CC1(c2ccccc2)C=CC=CC1[Si](C)(C)C. The molecule has 1 aromatic carbocycles. The summed E-state index contributed by atoms with van der Waals surface area (Å²) in [7, 11) is -1.38. The van der Waals surface area contributed by atoms with Crippen LogP contribution in [0.15, 0.2) is 54.6 Å². The molecule has 0 saturated heterocycles. The molecule has 0 saturated carbocycles. The van der Waals surface area contributed by atoms with Gasteiger partial charge in [-0.05, 0) is 11.1 Å². The quantitative estimate of drug-likeness (QED) is 0.541. The first-order valence-corrected chi connectivity index (χ1v) is 9.98. The second-order valence-electron chi connectivity index (χ2n) is 5.97. The molecule has 0 spiro atoms. The smallest absolute Gasteiger partial charge is 0.0781 e. The summed E-state index contributed by atoms with van der Waals surface area (Å²) in [5.74, 6) is 3.09. The first kappa shape index (κ1) is 12.9. The van der Waals surface area contributed by atoms with E-state index in [1.165, 1.54) is 5.56 Å². The summed E-state index contributed by atoms with van der Waals surface area (Å²) in [6.45, 7) is 7.16. The van der Waals surface area contributed by atoms with Gasteiger partial charge in [0.15, 0.2) is 0 Å². The van der Waals surface area contributed by atoms with Gasteiger partial charge in [-0.15, -0.1) is 6.42 Å². The van der Waals surface area contributed by atoms with E-state index in [0.29, 0.717) is 5.54 Å². The molecule has 1 heteroatoms. The van der Waals surface area contributed by atoms with Crippen LogP contribution in [0.25, 0.3) is 0 Å². The van der Waals surface area contributed by atoms with E-state index in [1.54, 1.807) is 0 Å². The molecule has 92 valence electrons. The van der Waals surface area contributed by atoms with E-state index in [9.17, 15) is 0 Å². The summed E-state index contributed by atoms with van der Waals surface area (Å²) in [6.07, 6.45) is 14.7. The molecule has 0 heterocycles. The molecule has 0 radical (unpaired) electrons.